The van der Waals surface area contributed by atoms with Gasteiger partial charge in [-0.1, -0.05) is 0 Å². The molecule has 0 aliphatic rings. The molecule has 0 saturated heterocycles. The Morgan fingerprint density at radius 1 is 1.64 bits per heavy atom. The van der Waals surface area contributed by atoms with Crippen LogP contribution in [-0.2, 0) is 4.74 Å². The molecule has 11 heavy (non-hydrogen) atoms. The zero-order valence-electron chi connectivity index (χ0n) is 6.38. The summed E-state index contributed by atoms with van der Waals surface area (Å²) < 4.78 is 9.01. The molecule has 0 bridgehead atoms. The maximum atomic E-state index is 10.6. The van der Waals surface area contributed by atoms with E-state index in [9.17, 15) is 4.79 Å². The molecule has 0 aliphatic carbocycles. The van der Waals surface area contributed by atoms with Crippen LogP contribution in [0.2, 0.25) is 0 Å². The third-order valence-corrected chi connectivity index (χ3v) is 1.26. The first kappa shape index (κ1) is 7.65. The van der Waals surface area contributed by atoms with Crippen molar-refractivity contribution in [2.45, 2.75) is 6.92 Å². The number of aromatic nitrogens is 1. The Hall–Kier alpha value is -1.45. The van der Waals surface area contributed by atoms with Gasteiger partial charge in [-0.3, -0.25) is 0 Å². The Bertz CT molecular complexity index is 254. The minimum atomic E-state index is -0.712. The molecule has 0 atom stereocenters. The summed E-state index contributed by atoms with van der Waals surface area (Å²) >= 11 is 0. The fraction of sp³-hybridized carbons (Fsp3) is 0.286. The lowest BCUT2D eigenvalue weighted by Crippen LogP contribution is -2.07. The lowest BCUT2D eigenvalue weighted by molar-refractivity contribution is 0.119. The van der Waals surface area contributed by atoms with E-state index in [-0.39, 0.29) is 0 Å². The van der Waals surface area contributed by atoms with Crippen molar-refractivity contribution in [2.75, 3.05) is 7.11 Å². The number of methoxy groups -OCH3 is 1. The van der Waals surface area contributed by atoms with Crippen molar-refractivity contribution in [1.29, 1.82) is 0 Å². The molecule has 0 spiro atoms. The first-order chi connectivity index (χ1) is 5.24. The van der Waals surface area contributed by atoms with E-state index in [1.165, 1.54) is 7.11 Å². The Kier molecular flexibility index (Phi) is 2.15. The third kappa shape index (κ3) is 1.73. The van der Waals surface area contributed by atoms with E-state index in [0.717, 1.165) is 5.56 Å². The van der Waals surface area contributed by atoms with Crippen LogP contribution in [0.15, 0.2) is 12.3 Å². The van der Waals surface area contributed by atoms with Crippen molar-refractivity contribution in [3.05, 3.63) is 17.8 Å². The predicted octanol–water partition coefficient (Wildman–Crippen LogP) is 1.47. The van der Waals surface area contributed by atoms with Gasteiger partial charge in [-0.05, 0) is 13.0 Å². The van der Waals surface area contributed by atoms with Crippen LogP contribution in [0.25, 0.3) is 0 Å². The minimum absolute atomic E-state index is 0.428. The Labute approximate surface area is 64.1 Å². The van der Waals surface area contributed by atoms with Gasteiger partial charge in [0.15, 0.2) is 0 Å². The van der Waals surface area contributed by atoms with Crippen LogP contribution in [0.3, 0.4) is 0 Å². The molecular weight excluding hydrogens is 146 g/mol. The normalized spacial score (nSPS) is 9.27. The Morgan fingerprint density at radius 3 is 2.82 bits per heavy atom. The summed E-state index contributed by atoms with van der Waals surface area (Å²) in [6, 6.07) is 1.80. The molecule has 1 N–H and O–H groups in total. The summed E-state index contributed by atoms with van der Waals surface area (Å²) in [4.78, 5) is 13.3. The summed E-state index contributed by atoms with van der Waals surface area (Å²) in [5.41, 5.74) is 0.871. The lowest BCUT2D eigenvalue weighted by atomic mass is 10.4. The number of carbonyl (C=O) groups is 1. The van der Waals surface area contributed by atoms with Gasteiger partial charge in [0.1, 0.15) is 0 Å². The summed E-state index contributed by atoms with van der Waals surface area (Å²) in [7, 11) is 1.26. The van der Waals surface area contributed by atoms with Gasteiger partial charge >= 0.3 is 6.16 Å². The van der Waals surface area contributed by atoms with Gasteiger partial charge in [0.2, 0.25) is 5.88 Å². The number of rotatable bonds is 1. The Balaban J connectivity index is 2.64. The molecule has 0 aromatic carbocycles. The van der Waals surface area contributed by atoms with Crippen LogP contribution < -0.4 is 4.74 Å². The van der Waals surface area contributed by atoms with E-state index in [1.807, 2.05) is 6.92 Å². The molecule has 1 aromatic heterocycles. The van der Waals surface area contributed by atoms with Crippen molar-refractivity contribution < 1.29 is 14.3 Å². The number of aromatic amines is 1. The summed E-state index contributed by atoms with van der Waals surface area (Å²) in [5.74, 6) is 0.428. The second kappa shape index (κ2) is 3.09. The van der Waals surface area contributed by atoms with Crippen LogP contribution >= 0.6 is 0 Å². The molecule has 4 heteroatoms. The molecule has 1 heterocycles. The largest absolute Gasteiger partial charge is 0.514 e. The lowest BCUT2D eigenvalue weighted by Gasteiger charge is -1.99. The van der Waals surface area contributed by atoms with Crippen molar-refractivity contribution in [3.63, 3.8) is 0 Å². The molecule has 0 amide bonds. The maximum Gasteiger partial charge on any atom is 0.514 e. The summed E-state index contributed by atoms with van der Waals surface area (Å²) in [6.45, 7) is 1.83. The molecule has 4 nitrogen and oxygen atoms in total. The van der Waals surface area contributed by atoms with Gasteiger partial charge in [0, 0.05) is 11.8 Å². The summed E-state index contributed by atoms with van der Waals surface area (Å²) in [5, 5.41) is 0. The number of ether oxygens (including phenoxy) is 2. The number of carbonyl (C=O) groups excluding carboxylic acids is 1. The van der Waals surface area contributed by atoms with Gasteiger partial charge in [0.25, 0.3) is 0 Å². The predicted molar refractivity (Wildman–Crippen MR) is 38.6 cm³/mol. The highest BCUT2D eigenvalue weighted by atomic mass is 16.7. The van der Waals surface area contributed by atoms with E-state index in [1.54, 1.807) is 12.3 Å². The van der Waals surface area contributed by atoms with Crippen LogP contribution in [0.5, 0.6) is 5.88 Å². The number of nitrogens with one attached hydrogen (secondary N) is 1. The molecule has 1 aromatic rings. The number of H-pyrrole nitrogens is 1. The molecule has 0 aliphatic heterocycles. The molecule has 1 rings (SSSR count). The van der Waals surface area contributed by atoms with Gasteiger partial charge in [-0.25, -0.2) is 4.79 Å². The molecule has 0 fully saturated rings. The number of hydrogen-bond acceptors (Lipinski definition) is 3. The topological polar surface area (TPSA) is 51.3 Å². The second-order valence-electron chi connectivity index (χ2n) is 2.05. The fourth-order valence-electron chi connectivity index (χ4n) is 0.667. The third-order valence-electron chi connectivity index (χ3n) is 1.26. The van der Waals surface area contributed by atoms with E-state index < -0.39 is 6.16 Å². The highest BCUT2D eigenvalue weighted by Crippen LogP contribution is 2.13. The van der Waals surface area contributed by atoms with Crippen LogP contribution in [0, 0.1) is 6.92 Å². The highest BCUT2D eigenvalue weighted by Gasteiger charge is 2.05. The first-order valence-electron chi connectivity index (χ1n) is 3.14. The van der Waals surface area contributed by atoms with Crippen molar-refractivity contribution in [1.82, 2.24) is 4.98 Å². The Morgan fingerprint density at radius 2 is 2.36 bits per heavy atom. The van der Waals surface area contributed by atoms with E-state index in [4.69, 9.17) is 4.74 Å². The second-order valence-corrected chi connectivity index (χ2v) is 2.05. The van der Waals surface area contributed by atoms with Gasteiger partial charge < -0.3 is 14.5 Å². The minimum Gasteiger partial charge on any atom is -0.437 e. The van der Waals surface area contributed by atoms with Gasteiger partial charge in [0.05, 0.1) is 7.11 Å². The molecule has 60 valence electrons. The quantitative estimate of drug-likeness (QED) is 0.625. The van der Waals surface area contributed by atoms with Crippen molar-refractivity contribution >= 4 is 6.16 Å². The molecule has 0 saturated carbocycles. The maximum absolute atomic E-state index is 10.6. The zero-order chi connectivity index (χ0) is 8.27. The number of hydrogen-bond donors (Lipinski definition) is 1. The fourth-order valence-corrected chi connectivity index (χ4v) is 0.667. The van der Waals surface area contributed by atoms with Gasteiger partial charge in [-0.2, -0.15) is 0 Å². The van der Waals surface area contributed by atoms with E-state index >= 15 is 0 Å². The number of aryl methyl sites for hydroxylation is 1. The van der Waals surface area contributed by atoms with Gasteiger partial charge in [-0.15, -0.1) is 0 Å². The monoisotopic (exact) mass is 155 g/mol. The van der Waals surface area contributed by atoms with E-state index in [0.29, 0.717) is 5.88 Å². The molecule has 0 unspecified atom stereocenters. The SMILES string of the molecule is COC(=O)Oc1[nH]ccc1C. The van der Waals surface area contributed by atoms with Crippen molar-refractivity contribution in [2.24, 2.45) is 0 Å². The smallest absolute Gasteiger partial charge is 0.437 e. The van der Waals surface area contributed by atoms with Crippen LogP contribution in [0.1, 0.15) is 5.56 Å². The molecular formula is C7H9NO3. The average molecular weight is 155 g/mol. The average Bonchev–Trinajstić information content (AvgIpc) is 2.37. The highest BCUT2D eigenvalue weighted by molar-refractivity contribution is 5.63. The standard InChI is InChI=1S/C7H9NO3/c1-5-3-4-8-6(5)11-7(9)10-2/h3-4,8H,1-2H3. The zero-order valence-corrected chi connectivity index (χ0v) is 6.38. The van der Waals surface area contributed by atoms with E-state index in [2.05, 4.69) is 9.72 Å². The molecule has 0 radical (unpaired) electrons. The van der Waals surface area contributed by atoms with Crippen LogP contribution in [0.4, 0.5) is 4.79 Å². The first-order valence-corrected chi connectivity index (χ1v) is 3.14. The van der Waals surface area contributed by atoms with Crippen molar-refractivity contribution in [3.8, 4) is 5.88 Å². The summed E-state index contributed by atoms with van der Waals surface area (Å²) in [6.07, 6.45) is 0.976. The van der Waals surface area contributed by atoms with Crippen LogP contribution in [-0.4, -0.2) is 18.2 Å².